The van der Waals surface area contributed by atoms with Crippen molar-refractivity contribution in [1.82, 2.24) is 25.2 Å². The van der Waals surface area contributed by atoms with Crippen LogP contribution in [0, 0.1) is 0 Å². The molecule has 1 aromatic carbocycles. The third-order valence-corrected chi connectivity index (χ3v) is 5.51. The molecule has 2 aromatic heterocycles. The first-order valence-corrected chi connectivity index (χ1v) is 10.3. The van der Waals surface area contributed by atoms with Gasteiger partial charge in [0.25, 0.3) is 5.91 Å². The van der Waals surface area contributed by atoms with Crippen LogP contribution in [-0.2, 0) is 6.54 Å². The summed E-state index contributed by atoms with van der Waals surface area (Å²) in [5.41, 5.74) is 0.543. The number of carbonyl (C=O) groups is 1. The number of aromatic nitrogens is 3. The molecule has 3 aromatic rings. The van der Waals surface area contributed by atoms with Crippen LogP contribution in [0.4, 0.5) is 0 Å². The van der Waals surface area contributed by atoms with Crippen molar-refractivity contribution in [3.63, 3.8) is 0 Å². The maximum atomic E-state index is 13.3. The molecule has 1 saturated heterocycles. The minimum atomic E-state index is 0.0168. The zero-order valence-corrected chi connectivity index (χ0v) is 17.1. The topological polar surface area (TPSA) is 71.0 Å². The second-order valence-corrected chi connectivity index (χ2v) is 7.89. The Labute approximate surface area is 172 Å². The zero-order valence-electron chi connectivity index (χ0n) is 15.5. The lowest BCUT2D eigenvalue weighted by atomic mass is 10.0. The first kappa shape index (κ1) is 19.0. The van der Waals surface area contributed by atoms with Crippen molar-refractivity contribution in [2.24, 2.45) is 0 Å². The number of nitrogens with zero attached hydrogens (tertiary/aromatic N) is 4. The van der Waals surface area contributed by atoms with Crippen molar-refractivity contribution in [1.29, 1.82) is 0 Å². The molecule has 1 amide bonds. The van der Waals surface area contributed by atoms with Gasteiger partial charge in [0, 0.05) is 43.1 Å². The van der Waals surface area contributed by atoms with E-state index >= 15 is 0 Å². The molecule has 28 heavy (non-hydrogen) atoms. The van der Waals surface area contributed by atoms with Crippen molar-refractivity contribution in [2.45, 2.75) is 31.8 Å². The summed E-state index contributed by atoms with van der Waals surface area (Å²) in [5.74, 6) is 0.760. The molecule has 1 atom stereocenters. The standard InChI is InChI=1S/C21H22BrN5O/c22-16-11-25-19(26-12-16)14-23-13-17-6-3-4-10-27(17)21(28)20-18-7-2-1-5-15(18)8-9-24-20/h1-2,5,7-9,11-12,17,23H,3-4,6,10,13-14H2/t17-/m0/s1. The van der Waals surface area contributed by atoms with Crippen LogP contribution < -0.4 is 5.32 Å². The van der Waals surface area contributed by atoms with Gasteiger partial charge in [0.2, 0.25) is 0 Å². The van der Waals surface area contributed by atoms with Crippen LogP contribution in [0.3, 0.4) is 0 Å². The van der Waals surface area contributed by atoms with Gasteiger partial charge in [-0.25, -0.2) is 9.97 Å². The number of amides is 1. The van der Waals surface area contributed by atoms with E-state index in [-0.39, 0.29) is 11.9 Å². The van der Waals surface area contributed by atoms with Gasteiger partial charge >= 0.3 is 0 Å². The van der Waals surface area contributed by atoms with Gasteiger partial charge in [-0.15, -0.1) is 0 Å². The first-order chi connectivity index (χ1) is 13.7. The van der Waals surface area contributed by atoms with Gasteiger partial charge < -0.3 is 10.2 Å². The summed E-state index contributed by atoms with van der Waals surface area (Å²) < 4.78 is 0.864. The van der Waals surface area contributed by atoms with E-state index in [0.717, 1.165) is 53.4 Å². The van der Waals surface area contributed by atoms with Crippen molar-refractivity contribution in [3.8, 4) is 0 Å². The van der Waals surface area contributed by atoms with E-state index in [9.17, 15) is 4.79 Å². The molecule has 1 fully saturated rings. The molecular weight excluding hydrogens is 418 g/mol. The number of benzene rings is 1. The van der Waals surface area contributed by atoms with Gasteiger partial charge in [-0.05, 0) is 46.6 Å². The van der Waals surface area contributed by atoms with Crippen molar-refractivity contribution in [3.05, 3.63) is 64.9 Å². The highest BCUT2D eigenvalue weighted by atomic mass is 79.9. The molecule has 1 N–H and O–H groups in total. The number of piperidine rings is 1. The van der Waals surface area contributed by atoms with E-state index in [1.165, 1.54) is 0 Å². The summed E-state index contributed by atoms with van der Waals surface area (Å²) in [6, 6.07) is 10.0. The predicted octanol–water partition coefficient (Wildman–Crippen LogP) is 3.57. The van der Waals surface area contributed by atoms with E-state index in [0.29, 0.717) is 12.2 Å². The molecule has 4 rings (SSSR count). The van der Waals surface area contributed by atoms with Gasteiger partial charge in [-0.3, -0.25) is 9.78 Å². The number of nitrogens with one attached hydrogen (secondary N) is 1. The summed E-state index contributed by atoms with van der Waals surface area (Å²) in [6.45, 7) is 2.07. The molecule has 144 valence electrons. The van der Waals surface area contributed by atoms with E-state index in [1.807, 2.05) is 35.2 Å². The van der Waals surface area contributed by atoms with Crippen LogP contribution in [-0.4, -0.2) is 44.9 Å². The van der Waals surface area contributed by atoms with Gasteiger partial charge in [0.05, 0.1) is 11.0 Å². The van der Waals surface area contributed by atoms with Crippen LogP contribution in [0.15, 0.2) is 53.4 Å². The van der Waals surface area contributed by atoms with E-state index < -0.39 is 0 Å². The van der Waals surface area contributed by atoms with Crippen LogP contribution in [0.1, 0.15) is 35.6 Å². The largest absolute Gasteiger partial charge is 0.333 e. The second kappa shape index (κ2) is 8.75. The first-order valence-electron chi connectivity index (χ1n) is 9.54. The van der Waals surface area contributed by atoms with Crippen LogP contribution in [0.2, 0.25) is 0 Å². The highest BCUT2D eigenvalue weighted by molar-refractivity contribution is 9.10. The van der Waals surface area contributed by atoms with Gasteiger partial charge in [-0.2, -0.15) is 0 Å². The summed E-state index contributed by atoms with van der Waals surface area (Å²) in [6.07, 6.45) is 8.36. The van der Waals surface area contributed by atoms with Gasteiger partial charge in [-0.1, -0.05) is 24.3 Å². The lowest BCUT2D eigenvalue weighted by molar-refractivity contribution is 0.0608. The minimum absolute atomic E-state index is 0.0168. The highest BCUT2D eigenvalue weighted by Crippen LogP contribution is 2.23. The Morgan fingerprint density at radius 3 is 2.82 bits per heavy atom. The summed E-state index contributed by atoms with van der Waals surface area (Å²) in [7, 11) is 0. The monoisotopic (exact) mass is 439 g/mol. The third kappa shape index (κ3) is 4.20. The summed E-state index contributed by atoms with van der Waals surface area (Å²) >= 11 is 3.34. The van der Waals surface area contributed by atoms with Gasteiger partial charge in [0.15, 0.2) is 0 Å². The molecule has 0 radical (unpaired) electrons. The molecule has 0 saturated carbocycles. The summed E-state index contributed by atoms with van der Waals surface area (Å²) in [5, 5.41) is 5.36. The van der Waals surface area contributed by atoms with Crippen molar-refractivity contribution < 1.29 is 4.79 Å². The molecular formula is C21H22BrN5O. The Kier molecular flexibility index (Phi) is 5.92. The molecule has 0 aliphatic carbocycles. The Morgan fingerprint density at radius 1 is 1.14 bits per heavy atom. The quantitative estimate of drug-likeness (QED) is 0.657. The number of carbonyl (C=O) groups excluding carboxylic acids is 1. The fourth-order valence-corrected chi connectivity index (χ4v) is 3.89. The minimum Gasteiger partial charge on any atom is -0.333 e. The fraction of sp³-hybridized carbons (Fsp3) is 0.333. The molecule has 7 heteroatoms. The Bertz CT molecular complexity index is 957. The number of likely N-dealkylation sites (tertiary alicyclic amines) is 1. The molecule has 0 bridgehead atoms. The van der Waals surface area contributed by atoms with Crippen LogP contribution in [0.5, 0.6) is 0 Å². The average Bonchev–Trinajstić information content (AvgIpc) is 2.74. The van der Waals surface area contributed by atoms with E-state index in [4.69, 9.17) is 0 Å². The average molecular weight is 440 g/mol. The van der Waals surface area contributed by atoms with E-state index in [2.05, 4.69) is 36.2 Å². The van der Waals surface area contributed by atoms with E-state index in [1.54, 1.807) is 18.6 Å². The normalized spacial score (nSPS) is 17.0. The molecule has 3 heterocycles. The Morgan fingerprint density at radius 2 is 1.96 bits per heavy atom. The predicted molar refractivity (Wildman–Crippen MR) is 112 cm³/mol. The van der Waals surface area contributed by atoms with Crippen LogP contribution in [0.25, 0.3) is 10.8 Å². The maximum absolute atomic E-state index is 13.3. The highest BCUT2D eigenvalue weighted by Gasteiger charge is 2.28. The third-order valence-electron chi connectivity index (χ3n) is 5.10. The Hall–Kier alpha value is -2.38. The molecule has 6 nitrogen and oxygen atoms in total. The SMILES string of the molecule is O=C(c1nccc2ccccc12)N1CCCC[C@H]1CNCc1ncc(Br)cn1. The number of halogens is 1. The van der Waals surface area contributed by atoms with Crippen molar-refractivity contribution >= 4 is 32.6 Å². The fourth-order valence-electron chi connectivity index (χ4n) is 3.69. The molecule has 0 spiro atoms. The number of hydrogen-bond donors (Lipinski definition) is 1. The molecule has 1 aliphatic heterocycles. The van der Waals surface area contributed by atoms with Gasteiger partial charge in [0.1, 0.15) is 11.5 Å². The van der Waals surface area contributed by atoms with Crippen molar-refractivity contribution in [2.75, 3.05) is 13.1 Å². The molecule has 1 aliphatic rings. The smallest absolute Gasteiger partial charge is 0.273 e. The number of pyridine rings is 1. The lowest BCUT2D eigenvalue weighted by Crippen LogP contribution is -2.48. The number of hydrogen-bond acceptors (Lipinski definition) is 5. The lowest BCUT2D eigenvalue weighted by Gasteiger charge is -2.36. The Balaban J connectivity index is 1.47. The van der Waals surface area contributed by atoms with Crippen LogP contribution >= 0.6 is 15.9 Å². The number of fused-ring (bicyclic) bond motifs is 1. The summed E-state index contributed by atoms with van der Waals surface area (Å²) in [4.78, 5) is 28.3. The molecule has 0 unspecified atom stereocenters. The second-order valence-electron chi connectivity index (χ2n) is 6.98. The maximum Gasteiger partial charge on any atom is 0.273 e. The number of rotatable bonds is 5. The zero-order chi connectivity index (χ0) is 19.3.